The molecule has 0 saturated heterocycles. The molecule has 0 bridgehead atoms. The van der Waals surface area contributed by atoms with Crippen LogP contribution in [0.3, 0.4) is 0 Å². The van der Waals surface area contributed by atoms with Crippen molar-refractivity contribution in [1.29, 1.82) is 0 Å². The van der Waals surface area contributed by atoms with Crippen molar-refractivity contribution < 1.29 is 23.1 Å². The van der Waals surface area contributed by atoms with E-state index in [0.717, 1.165) is 29.3 Å². The monoisotopic (exact) mass is 381 g/mol. The lowest BCUT2D eigenvalue weighted by Gasteiger charge is -2.17. The van der Waals surface area contributed by atoms with Gasteiger partial charge in [-0.1, -0.05) is 60.7 Å². The molecule has 0 aromatic heterocycles. The second-order valence-corrected chi connectivity index (χ2v) is 6.03. The zero-order chi connectivity index (χ0) is 19.9. The van der Waals surface area contributed by atoms with E-state index in [4.69, 9.17) is 4.74 Å². The number of ether oxygens (including phenoxy) is 1. The van der Waals surface area contributed by atoms with Gasteiger partial charge in [-0.15, -0.1) is 0 Å². The molecule has 1 N–H and O–H groups in total. The molecule has 0 spiro atoms. The van der Waals surface area contributed by atoms with Crippen LogP contribution in [0.1, 0.15) is 17.0 Å². The summed E-state index contributed by atoms with van der Waals surface area (Å²) in [4.78, 5) is 24.7. The third-order valence-corrected chi connectivity index (χ3v) is 4.05. The average molecular weight is 381 g/mol. The van der Waals surface area contributed by atoms with Crippen LogP contribution in [0.2, 0.25) is 0 Å². The number of amides is 1. The molecule has 6 heteroatoms. The Labute approximate surface area is 160 Å². The number of nitrogens with one attached hydrogen (secondary N) is 1. The minimum absolute atomic E-state index is 0.316. The molecule has 4 nitrogen and oxygen atoms in total. The summed E-state index contributed by atoms with van der Waals surface area (Å²) in [6.45, 7) is -0.620. The average Bonchev–Trinajstić information content (AvgIpc) is 2.71. The molecule has 0 atom stereocenters. The first-order valence-corrected chi connectivity index (χ1v) is 8.56. The van der Waals surface area contributed by atoms with Crippen molar-refractivity contribution >= 4 is 17.6 Å². The molecule has 0 unspecified atom stereocenters. The molecule has 0 heterocycles. The molecule has 142 valence electrons. The summed E-state index contributed by atoms with van der Waals surface area (Å²) in [5.41, 5.74) is 1.12. The SMILES string of the molecule is O=C(COC(=O)C(c1ccccc1)c1ccccc1)Nc1cc(F)ccc1F. The van der Waals surface area contributed by atoms with Gasteiger partial charge in [0.25, 0.3) is 5.91 Å². The Bertz CT molecular complexity index is 923. The van der Waals surface area contributed by atoms with Gasteiger partial charge in [0, 0.05) is 6.07 Å². The highest BCUT2D eigenvalue weighted by Crippen LogP contribution is 2.26. The second-order valence-electron chi connectivity index (χ2n) is 6.03. The lowest BCUT2D eigenvalue weighted by Crippen LogP contribution is -2.25. The molecule has 0 radical (unpaired) electrons. The number of halogens is 2. The van der Waals surface area contributed by atoms with Gasteiger partial charge < -0.3 is 10.1 Å². The summed E-state index contributed by atoms with van der Waals surface area (Å²) in [7, 11) is 0. The van der Waals surface area contributed by atoms with Gasteiger partial charge in [0.2, 0.25) is 0 Å². The van der Waals surface area contributed by atoms with Crippen molar-refractivity contribution in [2.45, 2.75) is 5.92 Å². The number of hydrogen-bond donors (Lipinski definition) is 1. The van der Waals surface area contributed by atoms with Gasteiger partial charge in [-0.3, -0.25) is 9.59 Å². The number of esters is 1. The Kier molecular flexibility index (Phi) is 6.11. The van der Waals surface area contributed by atoms with E-state index in [0.29, 0.717) is 0 Å². The van der Waals surface area contributed by atoms with E-state index >= 15 is 0 Å². The number of carbonyl (C=O) groups is 2. The van der Waals surface area contributed by atoms with Crippen molar-refractivity contribution in [1.82, 2.24) is 0 Å². The van der Waals surface area contributed by atoms with E-state index in [1.807, 2.05) is 12.1 Å². The number of benzene rings is 3. The summed E-state index contributed by atoms with van der Waals surface area (Å²) in [6.07, 6.45) is 0. The van der Waals surface area contributed by atoms with E-state index < -0.39 is 36.0 Å². The summed E-state index contributed by atoms with van der Waals surface area (Å²) in [5.74, 6) is -3.57. The predicted octanol–water partition coefficient (Wildman–Crippen LogP) is 4.28. The standard InChI is InChI=1S/C22H17F2NO3/c23-17-11-12-18(24)19(13-17)25-20(26)14-28-22(27)21(15-7-3-1-4-8-15)16-9-5-2-6-10-16/h1-13,21H,14H2,(H,25,26). The molecule has 3 aromatic carbocycles. The first-order valence-electron chi connectivity index (χ1n) is 8.56. The van der Waals surface area contributed by atoms with Crippen LogP contribution in [-0.2, 0) is 14.3 Å². The fourth-order valence-corrected chi connectivity index (χ4v) is 2.76. The Balaban J connectivity index is 1.70. The first kappa shape index (κ1) is 19.2. The summed E-state index contributed by atoms with van der Waals surface area (Å²) >= 11 is 0. The van der Waals surface area contributed by atoms with E-state index in [9.17, 15) is 18.4 Å². The van der Waals surface area contributed by atoms with Gasteiger partial charge in [-0.05, 0) is 23.3 Å². The number of anilines is 1. The Hall–Kier alpha value is -3.54. The van der Waals surface area contributed by atoms with Crippen LogP contribution in [0.4, 0.5) is 14.5 Å². The molecule has 0 saturated carbocycles. The second kappa shape index (κ2) is 8.90. The third kappa shape index (κ3) is 4.79. The van der Waals surface area contributed by atoms with E-state index in [-0.39, 0.29) is 5.69 Å². The maximum Gasteiger partial charge on any atom is 0.318 e. The minimum Gasteiger partial charge on any atom is -0.455 e. The van der Waals surface area contributed by atoms with Crippen LogP contribution >= 0.6 is 0 Å². The number of rotatable bonds is 6. The van der Waals surface area contributed by atoms with Gasteiger partial charge in [0.05, 0.1) is 5.69 Å². The fraction of sp³-hybridized carbons (Fsp3) is 0.0909. The zero-order valence-corrected chi connectivity index (χ0v) is 14.8. The smallest absolute Gasteiger partial charge is 0.318 e. The fourth-order valence-electron chi connectivity index (χ4n) is 2.76. The van der Waals surface area contributed by atoms with Crippen molar-refractivity contribution in [3.8, 4) is 0 Å². The van der Waals surface area contributed by atoms with Crippen molar-refractivity contribution in [2.75, 3.05) is 11.9 Å². The van der Waals surface area contributed by atoms with E-state index in [2.05, 4.69) is 5.32 Å². The molecule has 28 heavy (non-hydrogen) atoms. The lowest BCUT2D eigenvalue weighted by molar-refractivity contribution is -0.147. The predicted molar refractivity (Wildman–Crippen MR) is 101 cm³/mol. The highest BCUT2D eigenvalue weighted by molar-refractivity contribution is 5.93. The topological polar surface area (TPSA) is 55.4 Å². The first-order chi connectivity index (χ1) is 13.5. The van der Waals surface area contributed by atoms with Gasteiger partial charge in [-0.25, -0.2) is 8.78 Å². The zero-order valence-electron chi connectivity index (χ0n) is 14.8. The largest absolute Gasteiger partial charge is 0.455 e. The molecule has 3 aromatic rings. The molecule has 0 aliphatic carbocycles. The van der Waals surface area contributed by atoms with E-state index in [1.165, 1.54) is 0 Å². The molecule has 0 aliphatic rings. The lowest BCUT2D eigenvalue weighted by atomic mass is 9.91. The molecule has 0 aliphatic heterocycles. The molecule has 3 rings (SSSR count). The van der Waals surface area contributed by atoms with Crippen LogP contribution in [0.5, 0.6) is 0 Å². The third-order valence-electron chi connectivity index (χ3n) is 4.05. The quantitative estimate of drug-likeness (QED) is 0.649. The Morgan fingerprint density at radius 1 is 0.857 bits per heavy atom. The minimum atomic E-state index is -0.785. The Morgan fingerprint density at radius 2 is 1.43 bits per heavy atom. The maximum atomic E-state index is 13.6. The van der Waals surface area contributed by atoms with Crippen molar-refractivity contribution in [3.63, 3.8) is 0 Å². The Morgan fingerprint density at radius 3 is 2.00 bits per heavy atom. The van der Waals surface area contributed by atoms with Gasteiger partial charge in [0.15, 0.2) is 6.61 Å². The normalized spacial score (nSPS) is 10.5. The summed E-state index contributed by atoms with van der Waals surface area (Å²) in [6, 6.07) is 20.7. The van der Waals surface area contributed by atoms with Crippen LogP contribution < -0.4 is 5.32 Å². The van der Waals surface area contributed by atoms with Crippen molar-refractivity contribution in [2.24, 2.45) is 0 Å². The molecule has 1 amide bonds. The maximum absolute atomic E-state index is 13.6. The van der Waals surface area contributed by atoms with E-state index in [1.54, 1.807) is 48.5 Å². The van der Waals surface area contributed by atoms with Crippen LogP contribution in [0, 0.1) is 11.6 Å². The van der Waals surface area contributed by atoms with Gasteiger partial charge in [0.1, 0.15) is 17.6 Å². The van der Waals surface area contributed by atoms with Gasteiger partial charge >= 0.3 is 5.97 Å². The summed E-state index contributed by atoms with van der Waals surface area (Å²) < 4.78 is 32.0. The number of carbonyl (C=O) groups excluding carboxylic acids is 2. The van der Waals surface area contributed by atoms with Gasteiger partial charge in [-0.2, -0.15) is 0 Å². The van der Waals surface area contributed by atoms with Crippen LogP contribution in [-0.4, -0.2) is 18.5 Å². The highest BCUT2D eigenvalue weighted by Gasteiger charge is 2.25. The van der Waals surface area contributed by atoms with Crippen molar-refractivity contribution in [3.05, 3.63) is 102 Å². The highest BCUT2D eigenvalue weighted by atomic mass is 19.1. The summed E-state index contributed by atoms with van der Waals surface area (Å²) in [5, 5.41) is 2.19. The number of hydrogen-bond acceptors (Lipinski definition) is 3. The molecular formula is C22H17F2NO3. The van der Waals surface area contributed by atoms with Crippen LogP contribution in [0.25, 0.3) is 0 Å². The molecular weight excluding hydrogens is 364 g/mol. The van der Waals surface area contributed by atoms with Crippen LogP contribution in [0.15, 0.2) is 78.9 Å². The molecule has 0 fully saturated rings.